The van der Waals surface area contributed by atoms with Crippen LogP contribution >= 0.6 is 0 Å². The molecule has 8 nitrogen and oxygen atoms in total. The number of hydrogen-bond donors (Lipinski definition) is 3. The smallest absolute Gasteiger partial charge is 0.250 e. The first-order valence-corrected chi connectivity index (χ1v) is 6.18. The normalized spacial score (nSPS) is 13.1. The van der Waals surface area contributed by atoms with E-state index in [4.69, 9.17) is 24.4 Å². The quantitative estimate of drug-likeness (QED) is 0.322. The molecule has 116 valence electrons. The molecule has 0 spiro atoms. The van der Waals surface area contributed by atoms with Gasteiger partial charge in [0.05, 0.1) is 52.9 Å². The third kappa shape index (κ3) is 13.1. The van der Waals surface area contributed by atoms with Gasteiger partial charge in [0.15, 0.2) is 0 Å². The van der Waals surface area contributed by atoms with Crippen molar-refractivity contribution in [2.24, 2.45) is 0 Å². The summed E-state index contributed by atoms with van der Waals surface area (Å²) in [5.74, 6) is -0.657. The number of rotatable bonds is 10. The van der Waals surface area contributed by atoms with Crippen LogP contribution in [0.25, 0.3) is 0 Å². The molecule has 8 heteroatoms. The molecule has 0 fully saturated rings. The van der Waals surface area contributed by atoms with Crippen molar-refractivity contribution in [2.75, 3.05) is 52.9 Å². The summed E-state index contributed by atoms with van der Waals surface area (Å²) in [6, 6.07) is 0. The van der Waals surface area contributed by atoms with Crippen molar-refractivity contribution in [2.45, 2.75) is 0 Å². The summed E-state index contributed by atoms with van der Waals surface area (Å²) < 4.78 is 15.0. The predicted octanol–water partition coefficient (Wildman–Crippen LogP) is -1.78. The van der Waals surface area contributed by atoms with E-state index in [0.717, 1.165) is 0 Å². The number of hydrogen-bond acceptors (Lipinski definition) is 7. The highest BCUT2D eigenvalue weighted by Crippen LogP contribution is 1.82. The highest BCUT2D eigenvalue weighted by atomic mass is 16.5. The Kier molecular flexibility index (Phi) is 13.2. The number of nitrogens with one attached hydrogen (secondary N) is 1. The highest BCUT2D eigenvalue weighted by Gasteiger charge is 2.06. The van der Waals surface area contributed by atoms with Crippen LogP contribution in [0.5, 0.6) is 0 Å². The van der Waals surface area contributed by atoms with Gasteiger partial charge in [-0.3, -0.25) is 14.9 Å². The maximum atomic E-state index is 10.0. The van der Waals surface area contributed by atoms with Gasteiger partial charge in [-0.05, 0) is 0 Å². The molecule has 0 saturated carbocycles. The summed E-state index contributed by atoms with van der Waals surface area (Å²) in [6.45, 7) is 2.76. The molecular formula is C12H21NO7. The van der Waals surface area contributed by atoms with Crippen LogP contribution in [0.4, 0.5) is 0 Å². The van der Waals surface area contributed by atoms with Crippen LogP contribution in [0.3, 0.4) is 0 Å². The molecule has 0 bridgehead atoms. The standard InChI is InChI=1S/C8H18O5.C4H3NO2/c9-1-3-11-5-7-13-8-6-12-4-2-10;6-3-1-2-4(7)5-3/h9-10H,1-8H2;1-2H,(H,5,6,7). The highest BCUT2D eigenvalue weighted by molar-refractivity contribution is 6.12. The molecule has 0 aromatic heterocycles. The summed E-state index contributed by atoms with van der Waals surface area (Å²) in [4.78, 5) is 20.1. The molecule has 1 rings (SSSR count). The Morgan fingerprint density at radius 3 is 1.35 bits per heavy atom. The molecule has 3 N–H and O–H groups in total. The average Bonchev–Trinajstić information content (AvgIpc) is 2.81. The Morgan fingerprint density at radius 1 is 0.750 bits per heavy atom. The van der Waals surface area contributed by atoms with Crippen LogP contribution in [-0.2, 0) is 23.8 Å². The van der Waals surface area contributed by atoms with Gasteiger partial charge in [0, 0.05) is 12.2 Å². The van der Waals surface area contributed by atoms with E-state index in [1.807, 2.05) is 5.32 Å². The fourth-order valence-electron chi connectivity index (χ4n) is 1.03. The number of carbonyl (C=O) groups excluding carboxylic acids is 2. The van der Waals surface area contributed by atoms with Crippen molar-refractivity contribution in [3.8, 4) is 0 Å². The zero-order valence-electron chi connectivity index (χ0n) is 11.2. The third-order valence-corrected chi connectivity index (χ3v) is 1.85. The first-order valence-electron chi connectivity index (χ1n) is 6.18. The van der Waals surface area contributed by atoms with Gasteiger partial charge >= 0.3 is 0 Å². The molecule has 0 aromatic rings. The fraction of sp³-hybridized carbons (Fsp3) is 0.667. The molecule has 20 heavy (non-hydrogen) atoms. The van der Waals surface area contributed by atoms with Crippen molar-refractivity contribution in [1.29, 1.82) is 0 Å². The minimum Gasteiger partial charge on any atom is -0.394 e. The second kappa shape index (κ2) is 14.1. The molecule has 0 aliphatic carbocycles. The number of amides is 2. The van der Waals surface area contributed by atoms with Gasteiger partial charge in [-0.25, -0.2) is 0 Å². The summed E-state index contributed by atoms with van der Waals surface area (Å²) in [5, 5.41) is 18.7. The molecule has 2 amide bonds. The Hall–Kier alpha value is -1.32. The molecule has 0 atom stereocenters. The lowest BCUT2D eigenvalue weighted by atomic mass is 10.6. The first-order chi connectivity index (χ1) is 9.70. The lowest BCUT2D eigenvalue weighted by Crippen LogP contribution is -2.19. The van der Waals surface area contributed by atoms with Crippen molar-refractivity contribution in [1.82, 2.24) is 5.32 Å². The number of imide groups is 1. The molecule has 0 unspecified atom stereocenters. The van der Waals surface area contributed by atoms with E-state index in [9.17, 15) is 9.59 Å². The zero-order valence-corrected chi connectivity index (χ0v) is 11.2. The van der Waals surface area contributed by atoms with E-state index in [1.54, 1.807) is 0 Å². The Labute approximate surface area is 117 Å². The van der Waals surface area contributed by atoms with Crippen LogP contribution in [0, 0.1) is 0 Å². The van der Waals surface area contributed by atoms with Crippen LogP contribution < -0.4 is 5.32 Å². The monoisotopic (exact) mass is 291 g/mol. The second-order valence-corrected chi connectivity index (χ2v) is 3.47. The SMILES string of the molecule is O=C1C=CC(=O)N1.OCCOCCOCCOCCO. The topological polar surface area (TPSA) is 114 Å². The van der Waals surface area contributed by atoms with Gasteiger partial charge in [-0.15, -0.1) is 0 Å². The molecule has 1 aliphatic heterocycles. The maximum absolute atomic E-state index is 10.0. The Balaban J connectivity index is 0.000000428. The minimum absolute atomic E-state index is 0.0413. The largest absolute Gasteiger partial charge is 0.394 e. The van der Waals surface area contributed by atoms with E-state index < -0.39 is 0 Å². The number of aliphatic hydroxyl groups is 2. The third-order valence-electron chi connectivity index (χ3n) is 1.85. The fourth-order valence-corrected chi connectivity index (χ4v) is 1.03. The van der Waals surface area contributed by atoms with E-state index >= 15 is 0 Å². The molecule has 0 aromatic carbocycles. The molecule has 1 heterocycles. The summed E-state index contributed by atoms with van der Waals surface area (Å²) >= 11 is 0. The van der Waals surface area contributed by atoms with Gasteiger partial charge in [-0.2, -0.15) is 0 Å². The van der Waals surface area contributed by atoms with Gasteiger partial charge < -0.3 is 24.4 Å². The molecule has 0 saturated heterocycles. The number of ether oxygens (including phenoxy) is 3. The zero-order chi connectivity index (χ0) is 15.1. The van der Waals surface area contributed by atoms with E-state index in [1.165, 1.54) is 12.2 Å². The van der Waals surface area contributed by atoms with Crippen LogP contribution in [0.2, 0.25) is 0 Å². The van der Waals surface area contributed by atoms with Gasteiger partial charge in [-0.1, -0.05) is 0 Å². The van der Waals surface area contributed by atoms with Gasteiger partial charge in [0.2, 0.25) is 0 Å². The maximum Gasteiger partial charge on any atom is 0.250 e. The first kappa shape index (κ1) is 18.7. The summed E-state index contributed by atoms with van der Waals surface area (Å²) in [6.07, 6.45) is 2.39. The van der Waals surface area contributed by atoms with Crippen molar-refractivity contribution >= 4 is 11.8 Å². The number of aliphatic hydroxyl groups excluding tert-OH is 2. The van der Waals surface area contributed by atoms with E-state index in [2.05, 4.69) is 0 Å². The minimum atomic E-state index is -0.329. The second-order valence-electron chi connectivity index (χ2n) is 3.47. The van der Waals surface area contributed by atoms with Crippen molar-refractivity contribution in [3.05, 3.63) is 12.2 Å². The van der Waals surface area contributed by atoms with Crippen molar-refractivity contribution in [3.63, 3.8) is 0 Å². The van der Waals surface area contributed by atoms with E-state index in [-0.39, 0.29) is 25.0 Å². The summed E-state index contributed by atoms with van der Waals surface area (Å²) in [5.41, 5.74) is 0. The Bertz CT molecular complexity index is 268. The summed E-state index contributed by atoms with van der Waals surface area (Å²) in [7, 11) is 0. The van der Waals surface area contributed by atoms with Crippen LogP contribution in [0.15, 0.2) is 12.2 Å². The van der Waals surface area contributed by atoms with Crippen LogP contribution in [-0.4, -0.2) is 74.9 Å². The van der Waals surface area contributed by atoms with E-state index in [0.29, 0.717) is 39.6 Å². The average molecular weight is 291 g/mol. The molecular weight excluding hydrogens is 270 g/mol. The van der Waals surface area contributed by atoms with Crippen LogP contribution in [0.1, 0.15) is 0 Å². The molecule has 1 aliphatic rings. The lowest BCUT2D eigenvalue weighted by molar-refractivity contribution is -0.123. The van der Waals surface area contributed by atoms with Crippen molar-refractivity contribution < 1.29 is 34.0 Å². The predicted molar refractivity (Wildman–Crippen MR) is 68.9 cm³/mol. The Morgan fingerprint density at radius 2 is 1.10 bits per heavy atom. The molecule has 0 radical (unpaired) electrons. The van der Waals surface area contributed by atoms with Gasteiger partial charge in [0.1, 0.15) is 0 Å². The lowest BCUT2D eigenvalue weighted by Gasteiger charge is -2.04. The van der Waals surface area contributed by atoms with Gasteiger partial charge in [0.25, 0.3) is 11.8 Å². The number of carbonyl (C=O) groups is 2.